The highest BCUT2D eigenvalue weighted by Gasteiger charge is 2.49. The number of halogens is 3. The van der Waals surface area contributed by atoms with Crippen molar-refractivity contribution in [2.45, 2.75) is 4.90 Å². The second kappa shape index (κ2) is 9.22. The molecule has 2 aliphatic heterocycles. The zero-order valence-electron chi connectivity index (χ0n) is 18.6. The molecule has 1 fully saturated rings. The lowest BCUT2D eigenvalue weighted by atomic mass is 9.71. The maximum absolute atomic E-state index is 13.4. The molecule has 1 N–H and O–H groups in total. The van der Waals surface area contributed by atoms with Gasteiger partial charge in [-0.3, -0.25) is 9.80 Å². The van der Waals surface area contributed by atoms with E-state index in [2.05, 4.69) is 5.43 Å². The van der Waals surface area contributed by atoms with Gasteiger partial charge in [0.25, 0.3) is 0 Å². The van der Waals surface area contributed by atoms with E-state index < -0.39 is 27.8 Å². The summed E-state index contributed by atoms with van der Waals surface area (Å²) in [5.74, 6) is -1.99. The molecule has 3 aliphatic rings. The van der Waals surface area contributed by atoms with Gasteiger partial charge in [-0.25, -0.2) is 18.2 Å². The van der Waals surface area contributed by atoms with Crippen molar-refractivity contribution in [3.63, 3.8) is 0 Å². The average molecular weight is 538 g/mol. The molecule has 1 saturated heterocycles. The minimum absolute atomic E-state index is 0.0374. The van der Waals surface area contributed by atoms with Crippen LogP contribution >= 0.6 is 23.2 Å². The van der Waals surface area contributed by atoms with Crippen LogP contribution in [0.3, 0.4) is 0 Å². The summed E-state index contributed by atoms with van der Waals surface area (Å²) in [6, 6.07) is 10.3. The normalized spacial score (nSPS) is 24.3. The van der Waals surface area contributed by atoms with Gasteiger partial charge >= 0.3 is 5.97 Å². The van der Waals surface area contributed by atoms with Gasteiger partial charge in [-0.1, -0.05) is 29.3 Å². The van der Waals surface area contributed by atoms with Crippen LogP contribution in [0.5, 0.6) is 0 Å². The molecule has 2 aromatic carbocycles. The van der Waals surface area contributed by atoms with E-state index in [-0.39, 0.29) is 39.8 Å². The number of carbonyl (C=O) groups excluding carboxylic acids is 1. The lowest BCUT2D eigenvalue weighted by Crippen LogP contribution is -2.47. The first kappa shape index (κ1) is 24.3. The molecule has 0 saturated carbocycles. The van der Waals surface area contributed by atoms with Crippen LogP contribution in [0.2, 0.25) is 10.0 Å². The third-order valence-corrected chi connectivity index (χ3v) is 9.30. The summed E-state index contributed by atoms with van der Waals surface area (Å²) in [6.45, 7) is 0.706. The lowest BCUT2D eigenvalue weighted by Gasteiger charge is -2.40. The van der Waals surface area contributed by atoms with Crippen molar-refractivity contribution in [3.05, 3.63) is 81.7 Å². The summed E-state index contributed by atoms with van der Waals surface area (Å²) >= 11 is 12.0. The Morgan fingerprint density at radius 1 is 1.11 bits per heavy atom. The first-order chi connectivity index (χ1) is 16.7. The van der Waals surface area contributed by atoms with Crippen LogP contribution in [-0.4, -0.2) is 45.4 Å². The molecule has 2 unspecified atom stereocenters. The smallest absolute Gasteiger partial charge is 0.310 e. The quantitative estimate of drug-likeness (QED) is 0.593. The highest BCUT2D eigenvalue weighted by Crippen LogP contribution is 2.45. The Hall–Kier alpha value is -2.43. The largest absolute Gasteiger partial charge is 0.469 e. The number of fused-ring (bicyclic) bond motifs is 2. The highest BCUT2D eigenvalue weighted by molar-refractivity contribution is 7.89. The monoisotopic (exact) mass is 537 g/mol. The van der Waals surface area contributed by atoms with E-state index in [0.717, 1.165) is 17.0 Å². The number of sulfonamides is 1. The van der Waals surface area contributed by atoms with Crippen LogP contribution in [0, 0.1) is 23.6 Å². The average Bonchev–Trinajstić information content (AvgIpc) is 3.27. The van der Waals surface area contributed by atoms with Crippen molar-refractivity contribution in [1.29, 1.82) is 0 Å². The van der Waals surface area contributed by atoms with Gasteiger partial charge in [-0.15, -0.1) is 0 Å². The predicted molar refractivity (Wildman–Crippen MR) is 131 cm³/mol. The number of nitrogens with one attached hydrogen (secondary N) is 1. The van der Waals surface area contributed by atoms with E-state index in [1.54, 1.807) is 12.1 Å². The van der Waals surface area contributed by atoms with Crippen LogP contribution in [0.25, 0.3) is 0 Å². The van der Waals surface area contributed by atoms with E-state index >= 15 is 0 Å². The number of anilines is 1. The summed E-state index contributed by atoms with van der Waals surface area (Å²) in [4.78, 5) is 13.0. The molecule has 184 valence electrons. The van der Waals surface area contributed by atoms with Gasteiger partial charge in [0.05, 0.1) is 33.7 Å². The van der Waals surface area contributed by atoms with Gasteiger partial charge < -0.3 is 4.74 Å². The molecule has 3 atom stereocenters. The van der Waals surface area contributed by atoms with Crippen LogP contribution in [0.15, 0.2) is 70.8 Å². The van der Waals surface area contributed by atoms with E-state index in [1.165, 1.54) is 41.7 Å². The molecule has 11 heteroatoms. The van der Waals surface area contributed by atoms with Crippen LogP contribution < -0.4 is 10.4 Å². The van der Waals surface area contributed by atoms with Gasteiger partial charge in [-0.05, 0) is 54.1 Å². The number of benzene rings is 2. The van der Waals surface area contributed by atoms with Crippen molar-refractivity contribution in [2.75, 3.05) is 31.8 Å². The zero-order chi connectivity index (χ0) is 24.9. The molecule has 0 aromatic heterocycles. The maximum atomic E-state index is 13.4. The fourth-order valence-electron chi connectivity index (χ4n) is 5.01. The maximum Gasteiger partial charge on any atom is 0.310 e. The van der Waals surface area contributed by atoms with E-state index in [0.29, 0.717) is 6.54 Å². The standard InChI is InChI=1S/C24H22Cl2FN3O4S/c1-34-24(31)23-18-12-28-30(16-4-2-15(27)3-5-16)22(18)10-14-8-9-29(13-19(14)23)35(32,33)17-6-7-20(25)21(26)11-17/h2-8,10-11,18-19,23,28H,9,12-13H2,1H3/t18?,19-,23?/m0/s1. The molecule has 5 rings (SSSR count). The fourth-order valence-corrected chi connectivity index (χ4v) is 6.80. The highest BCUT2D eigenvalue weighted by atomic mass is 35.5. The molecule has 1 aliphatic carbocycles. The van der Waals surface area contributed by atoms with E-state index in [9.17, 15) is 17.6 Å². The van der Waals surface area contributed by atoms with Crippen molar-refractivity contribution >= 4 is 44.9 Å². The summed E-state index contributed by atoms with van der Waals surface area (Å²) in [5.41, 5.74) is 5.74. The molecule has 35 heavy (non-hydrogen) atoms. The van der Waals surface area contributed by atoms with E-state index in [1.807, 2.05) is 17.2 Å². The minimum atomic E-state index is -3.88. The summed E-state index contributed by atoms with van der Waals surface area (Å²) < 4.78 is 46.7. The number of hydrogen-bond donors (Lipinski definition) is 1. The van der Waals surface area contributed by atoms with Crippen molar-refractivity contribution in [2.24, 2.45) is 17.8 Å². The lowest BCUT2D eigenvalue weighted by molar-refractivity contribution is -0.148. The first-order valence-corrected chi connectivity index (χ1v) is 13.1. The molecule has 2 heterocycles. The number of methoxy groups -OCH3 is 1. The first-order valence-electron chi connectivity index (χ1n) is 10.9. The number of ether oxygens (including phenoxy) is 1. The second-order valence-electron chi connectivity index (χ2n) is 8.61. The zero-order valence-corrected chi connectivity index (χ0v) is 20.9. The molecule has 2 aromatic rings. The molecular formula is C24H22Cl2FN3O4S. The third-order valence-electron chi connectivity index (χ3n) is 6.74. The number of allylic oxidation sites excluding steroid dienone is 1. The molecule has 0 spiro atoms. The number of rotatable bonds is 4. The summed E-state index contributed by atoms with van der Waals surface area (Å²) in [7, 11) is -2.55. The minimum Gasteiger partial charge on any atom is -0.469 e. The number of nitrogens with zero attached hydrogens (tertiary/aromatic N) is 2. The molecule has 7 nitrogen and oxygen atoms in total. The molecule has 0 bridgehead atoms. The van der Waals surface area contributed by atoms with Gasteiger partial charge in [0.2, 0.25) is 10.0 Å². The summed E-state index contributed by atoms with van der Waals surface area (Å²) in [5, 5.41) is 2.26. The molecule has 0 amide bonds. The van der Waals surface area contributed by atoms with Gasteiger partial charge in [0, 0.05) is 37.2 Å². The molecule has 0 radical (unpaired) electrons. The van der Waals surface area contributed by atoms with Crippen molar-refractivity contribution in [3.8, 4) is 0 Å². The van der Waals surface area contributed by atoms with Crippen LogP contribution in [0.1, 0.15) is 0 Å². The predicted octanol–water partition coefficient (Wildman–Crippen LogP) is 4.01. The van der Waals surface area contributed by atoms with Gasteiger partial charge in [0.1, 0.15) is 5.82 Å². The number of carbonyl (C=O) groups is 1. The Morgan fingerprint density at radius 2 is 1.86 bits per heavy atom. The van der Waals surface area contributed by atoms with Crippen LogP contribution in [0.4, 0.5) is 10.1 Å². The van der Waals surface area contributed by atoms with Crippen molar-refractivity contribution < 1.29 is 22.3 Å². The second-order valence-corrected chi connectivity index (χ2v) is 11.4. The number of esters is 1. The van der Waals surface area contributed by atoms with Crippen LogP contribution in [-0.2, 0) is 19.6 Å². The van der Waals surface area contributed by atoms with E-state index in [4.69, 9.17) is 27.9 Å². The van der Waals surface area contributed by atoms with Gasteiger partial charge in [-0.2, -0.15) is 4.31 Å². The Bertz CT molecular complexity index is 1350. The Balaban J connectivity index is 1.51. The SMILES string of the molecule is COC(=O)C1C2CNN(c3ccc(F)cc3)C2=CC2=CCN(S(=O)(=O)c3ccc(Cl)c(Cl)c3)C[C@@H]21. The Kier molecular flexibility index (Phi) is 6.39. The number of hydrazine groups is 1. The Morgan fingerprint density at radius 3 is 2.54 bits per heavy atom. The van der Waals surface area contributed by atoms with Gasteiger partial charge in [0.15, 0.2) is 0 Å². The van der Waals surface area contributed by atoms with Crippen molar-refractivity contribution in [1.82, 2.24) is 9.73 Å². The summed E-state index contributed by atoms with van der Waals surface area (Å²) in [6.07, 6.45) is 3.81. The molecular weight excluding hydrogens is 516 g/mol. The topological polar surface area (TPSA) is 79.0 Å². The number of hydrogen-bond acceptors (Lipinski definition) is 6. The third kappa shape index (κ3) is 4.25. The Labute approximate surface area is 212 Å². The fraction of sp³-hybridized carbons (Fsp3) is 0.292.